The van der Waals surface area contributed by atoms with Gasteiger partial charge in [0.25, 0.3) is 0 Å². The number of ether oxygens (including phenoxy) is 1. The summed E-state index contributed by atoms with van der Waals surface area (Å²) in [6.45, 7) is 2.00. The first-order valence-corrected chi connectivity index (χ1v) is 6.85. The van der Waals surface area contributed by atoms with Crippen molar-refractivity contribution in [3.05, 3.63) is 64.4 Å². The van der Waals surface area contributed by atoms with Crippen molar-refractivity contribution >= 4 is 28.4 Å². The number of furan rings is 1. The first-order chi connectivity index (χ1) is 10.1. The lowest BCUT2D eigenvalue weighted by molar-refractivity contribution is 0.101. The zero-order chi connectivity index (χ0) is 15.0. The largest absolute Gasteiger partial charge is 0.496 e. The lowest BCUT2D eigenvalue weighted by Crippen LogP contribution is -2.02. The number of rotatable bonds is 3. The maximum atomic E-state index is 12.6. The summed E-state index contributed by atoms with van der Waals surface area (Å²) in [5.74, 6) is 0.498. The van der Waals surface area contributed by atoms with E-state index in [9.17, 15) is 4.79 Å². The molecule has 0 saturated heterocycles. The number of ketones is 1. The smallest absolute Gasteiger partial charge is 0.231 e. The number of carbonyl (C=O) groups excluding carboxylic acids is 1. The van der Waals surface area contributed by atoms with Crippen LogP contribution in [0.15, 0.2) is 46.9 Å². The van der Waals surface area contributed by atoms with Gasteiger partial charge in [-0.3, -0.25) is 4.79 Å². The third kappa shape index (κ3) is 2.52. The van der Waals surface area contributed by atoms with Crippen LogP contribution >= 0.6 is 11.6 Å². The highest BCUT2D eigenvalue weighted by Crippen LogP contribution is 2.28. The molecule has 3 aromatic rings. The molecule has 0 unspecified atom stereocenters. The Bertz CT molecular complexity index is 833. The monoisotopic (exact) mass is 300 g/mol. The molecule has 0 bridgehead atoms. The molecule has 106 valence electrons. The maximum absolute atomic E-state index is 12.6. The summed E-state index contributed by atoms with van der Waals surface area (Å²) in [4.78, 5) is 12.6. The summed E-state index contributed by atoms with van der Waals surface area (Å²) in [6.07, 6.45) is 0. The zero-order valence-electron chi connectivity index (χ0n) is 11.6. The molecule has 3 rings (SSSR count). The number of methoxy groups -OCH3 is 1. The molecule has 0 spiro atoms. The Hall–Kier alpha value is -2.26. The summed E-state index contributed by atoms with van der Waals surface area (Å²) in [5, 5.41) is 1.43. The Labute approximate surface area is 127 Å². The first-order valence-electron chi connectivity index (χ1n) is 6.47. The fourth-order valence-electron chi connectivity index (χ4n) is 2.26. The summed E-state index contributed by atoms with van der Waals surface area (Å²) in [5.41, 5.74) is 2.24. The Morgan fingerprint density at radius 1 is 1.14 bits per heavy atom. The van der Waals surface area contributed by atoms with Gasteiger partial charge in [0.2, 0.25) is 5.78 Å². The Balaban J connectivity index is 2.08. The molecule has 0 N–H and O–H groups in total. The molecular formula is C17H13ClO3. The van der Waals surface area contributed by atoms with Crippen molar-refractivity contribution in [2.75, 3.05) is 7.11 Å². The summed E-state index contributed by atoms with van der Waals surface area (Å²) >= 11 is 5.91. The van der Waals surface area contributed by atoms with E-state index in [4.69, 9.17) is 20.8 Å². The van der Waals surface area contributed by atoms with Crippen molar-refractivity contribution < 1.29 is 13.9 Å². The van der Waals surface area contributed by atoms with Gasteiger partial charge in [-0.15, -0.1) is 0 Å². The average molecular weight is 301 g/mol. The van der Waals surface area contributed by atoms with Crippen LogP contribution in [0.2, 0.25) is 5.02 Å². The lowest BCUT2D eigenvalue weighted by atomic mass is 10.1. The predicted octanol–water partition coefficient (Wildman–Crippen LogP) is 4.63. The van der Waals surface area contributed by atoms with Crippen LogP contribution < -0.4 is 4.74 Å². The second-order valence-electron chi connectivity index (χ2n) is 4.83. The Morgan fingerprint density at radius 3 is 2.71 bits per heavy atom. The van der Waals surface area contributed by atoms with Gasteiger partial charge in [0.1, 0.15) is 11.3 Å². The van der Waals surface area contributed by atoms with Crippen molar-refractivity contribution in [1.29, 1.82) is 0 Å². The quantitative estimate of drug-likeness (QED) is 0.662. The van der Waals surface area contributed by atoms with E-state index in [1.54, 1.807) is 24.3 Å². The number of benzene rings is 2. The number of hydrogen-bond donors (Lipinski definition) is 0. The molecule has 0 radical (unpaired) electrons. The average Bonchev–Trinajstić information content (AvgIpc) is 2.89. The summed E-state index contributed by atoms with van der Waals surface area (Å²) in [7, 11) is 1.50. The molecule has 0 fully saturated rings. The second-order valence-corrected chi connectivity index (χ2v) is 5.26. The number of aryl methyl sites for hydroxylation is 1. The number of fused-ring (bicyclic) bond motifs is 1. The van der Waals surface area contributed by atoms with Crippen LogP contribution in [0.3, 0.4) is 0 Å². The van der Waals surface area contributed by atoms with Crippen molar-refractivity contribution in [3.8, 4) is 5.75 Å². The molecule has 0 atom stereocenters. The molecule has 21 heavy (non-hydrogen) atoms. The minimum Gasteiger partial charge on any atom is -0.496 e. The molecule has 0 aliphatic carbocycles. The standard InChI is InChI=1S/C17H13ClO3/c1-10-3-6-14-11(7-10)8-16(21-14)17(19)13-5-4-12(18)9-15(13)20-2/h3-9H,1-2H3. The van der Waals surface area contributed by atoms with Gasteiger partial charge in [0.05, 0.1) is 12.7 Å². The molecule has 0 aliphatic heterocycles. The number of carbonyl (C=O) groups is 1. The highest BCUT2D eigenvalue weighted by atomic mass is 35.5. The predicted molar refractivity (Wildman–Crippen MR) is 82.4 cm³/mol. The van der Waals surface area contributed by atoms with Crippen molar-refractivity contribution in [3.63, 3.8) is 0 Å². The first kappa shape index (κ1) is 13.7. The number of hydrogen-bond acceptors (Lipinski definition) is 3. The minimum absolute atomic E-state index is 0.225. The summed E-state index contributed by atoms with van der Waals surface area (Å²) < 4.78 is 10.8. The van der Waals surface area contributed by atoms with Gasteiger partial charge < -0.3 is 9.15 Å². The molecular weight excluding hydrogens is 288 g/mol. The highest BCUT2D eigenvalue weighted by Gasteiger charge is 2.18. The topological polar surface area (TPSA) is 39.4 Å². The van der Waals surface area contributed by atoms with E-state index < -0.39 is 0 Å². The van der Waals surface area contributed by atoms with Gasteiger partial charge in [-0.05, 0) is 43.3 Å². The fourth-order valence-corrected chi connectivity index (χ4v) is 2.42. The van der Waals surface area contributed by atoms with Crippen LogP contribution in [0.5, 0.6) is 5.75 Å². The van der Waals surface area contributed by atoms with Gasteiger partial charge >= 0.3 is 0 Å². The van der Waals surface area contributed by atoms with E-state index in [-0.39, 0.29) is 11.5 Å². The zero-order valence-corrected chi connectivity index (χ0v) is 12.4. The van der Waals surface area contributed by atoms with Gasteiger partial charge in [-0.1, -0.05) is 23.2 Å². The molecule has 4 heteroatoms. The molecule has 0 aliphatic rings. The van der Waals surface area contributed by atoms with Gasteiger partial charge in [0.15, 0.2) is 5.76 Å². The fraction of sp³-hybridized carbons (Fsp3) is 0.118. The SMILES string of the molecule is COc1cc(Cl)ccc1C(=O)c1cc2cc(C)ccc2o1. The van der Waals surface area contributed by atoms with Crippen molar-refractivity contribution in [2.45, 2.75) is 6.92 Å². The van der Waals surface area contributed by atoms with Crippen LogP contribution in [0.1, 0.15) is 21.7 Å². The van der Waals surface area contributed by atoms with Crippen LogP contribution in [0.25, 0.3) is 11.0 Å². The van der Waals surface area contributed by atoms with Gasteiger partial charge in [0, 0.05) is 10.4 Å². The molecule has 2 aromatic carbocycles. The Kier molecular flexibility index (Phi) is 3.43. The Morgan fingerprint density at radius 2 is 1.95 bits per heavy atom. The minimum atomic E-state index is -0.225. The molecule has 1 heterocycles. The van der Waals surface area contributed by atoms with Crippen molar-refractivity contribution in [2.24, 2.45) is 0 Å². The molecule has 0 amide bonds. The van der Waals surface area contributed by atoms with Gasteiger partial charge in [-0.25, -0.2) is 0 Å². The third-order valence-corrected chi connectivity index (χ3v) is 3.54. The van der Waals surface area contributed by atoms with Crippen LogP contribution in [-0.2, 0) is 0 Å². The van der Waals surface area contributed by atoms with E-state index in [0.29, 0.717) is 21.9 Å². The lowest BCUT2D eigenvalue weighted by Gasteiger charge is -2.06. The number of halogens is 1. The normalized spacial score (nSPS) is 10.8. The molecule has 1 aromatic heterocycles. The van der Waals surface area contributed by atoms with E-state index in [2.05, 4.69) is 0 Å². The molecule has 3 nitrogen and oxygen atoms in total. The maximum Gasteiger partial charge on any atom is 0.231 e. The van der Waals surface area contributed by atoms with Crippen molar-refractivity contribution in [1.82, 2.24) is 0 Å². The highest BCUT2D eigenvalue weighted by molar-refractivity contribution is 6.31. The van der Waals surface area contributed by atoms with Gasteiger partial charge in [-0.2, -0.15) is 0 Å². The molecule has 0 saturated carbocycles. The van der Waals surface area contributed by atoms with Crippen LogP contribution in [0.4, 0.5) is 0 Å². The van der Waals surface area contributed by atoms with Crippen LogP contribution in [-0.4, -0.2) is 12.9 Å². The third-order valence-electron chi connectivity index (χ3n) is 3.30. The van der Waals surface area contributed by atoms with Crippen LogP contribution in [0, 0.1) is 6.92 Å². The van der Waals surface area contributed by atoms with E-state index in [1.165, 1.54) is 7.11 Å². The van der Waals surface area contributed by atoms with E-state index >= 15 is 0 Å². The second kappa shape index (κ2) is 5.26. The van der Waals surface area contributed by atoms with E-state index in [0.717, 1.165) is 10.9 Å². The summed E-state index contributed by atoms with van der Waals surface area (Å²) in [6, 6.07) is 12.4. The van der Waals surface area contributed by atoms with E-state index in [1.807, 2.05) is 25.1 Å².